The molecule has 2 aromatic carbocycles. The van der Waals surface area contributed by atoms with E-state index >= 15 is 0 Å². The zero-order valence-electron chi connectivity index (χ0n) is 16.8. The summed E-state index contributed by atoms with van der Waals surface area (Å²) < 4.78 is 2.10. The summed E-state index contributed by atoms with van der Waals surface area (Å²) in [6.45, 7) is 5.02. The number of aryl methyl sites for hydroxylation is 1. The van der Waals surface area contributed by atoms with E-state index in [0.717, 1.165) is 47.4 Å². The van der Waals surface area contributed by atoms with E-state index < -0.39 is 0 Å². The van der Waals surface area contributed by atoms with Gasteiger partial charge in [0, 0.05) is 11.3 Å². The fourth-order valence-corrected chi connectivity index (χ4v) is 4.47. The van der Waals surface area contributed by atoms with E-state index in [0.29, 0.717) is 5.75 Å². The van der Waals surface area contributed by atoms with Crippen LogP contribution in [0.4, 0.5) is 0 Å². The maximum absolute atomic E-state index is 12.6. The molecule has 0 bridgehead atoms. The molecule has 29 heavy (non-hydrogen) atoms. The number of hydrogen-bond acceptors (Lipinski definition) is 5. The van der Waals surface area contributed by atoms with Crippen LogP contribution in [0.5, 0.6) is 0 Å². The van der Waals surface area contributed by atoms with Crippen LogP contribution in [0, 0.1) is 6.92 Å². The molecule has 4 rings (SSSR count). The van der Waals surface area contributed by atoms with E-state index in [1.54, 1.807) is 0 Å². The minimum atomic E-state index is 0.107. The van der Waals surface area contributed by atoms with Crippen molar-refractivity contribution < 1.29 is 4.79 Å². The molecular weight excluding hydrogens is 380 g/mol. The average molecular weight is 407 g/mol. The molecule has 1 aliphatic rings. The van der Waals surface area contributed by atoms with Crippen molar-refractivity contribution in [1.82, 2.24) is 19.7 Å². The van der Waals surface area contributed by atoms with Crippen molar-refractivity contribution in [2.75, 3.05) is 18.8 Å². The lowest BCUT2D eigenvalue weighted by atomic mass is 10.1. The molecule has 0 atom stereocenters. The Morgan fingerprint density at radius 3 is 2.41 bits per heavy atom. The molecule has 0 radical (unpaired) electrons. The third kappa shape index (κ3) is 4.95. The normalized spacial score (nSPS) is 14.8. The highest BCUT2D eigenvalue weighted by molar-refractivity contribution is 7.99. The molecule has 2 heterocycles. The number of carbonyl (C=O) groups is 1. The van der Waals surface area contributed by atoms with E-state index in [1.807, 2.05) is 49.4 Å². The van der Waals surface area contributed by atoms with Gasteiger partial charge in [-0.2, -0.15) is 0 Å². The quantitative estimate of drug-likeness (QED) is 0.426. The molecule has 0 saturated carbocycles. The third-order valence-electron chi connectivity index (χ3n) is 5.23. The minimum Gasteiger partial charge on any atom is -0.296 e. The number of Topliss-reactive ketones (excluding diaryl/α,β-unsaturated/α-hetero) is 1. The van der Waals surface area contributed by atoms with Crippen LogP contribution in [0.25, 0.3) is 5.69 Å². The van der Waals surface area contributed by atoms with Crippen molar-refractivity contribution >= 4 is 17.5 Å². The molecule has 1 aromatic heterocycles. The maximum Gasteiger partial charge on any atom is 0.196 e. The highest BCUT2D eigenvalue weighted by Gasteiger charge is 2.19. The number of aromatic nitrogens is 3. The summed E-state index contributed by atoms with van der Waals surface area (Å²) >= 11 is 1.45. The Morgan fingerprint density at radius 2 is 1.69 bits per heavy atom. The first-order chi connectivity index (χ1) is 14.2. The molecule has 6 heteroatoms. The van der Waals surface area contributed by atoms with Gasteiger partial charge in [-0.25, -0.2) is 0 Å². The standard InChI is InChI=1S/C23H26N4OS/c1-18-10-12-19(13-11-18)21(28)17-29-23-25-24-22(16-26-14-6-3-7-15-26)27(23)20-8-4-2-5-9-20/h2,4-5,8-13H,3,6-7,14-17H2,1H3. The maximum atomic E-state index is 12.6. The Morgan fingerprint density at radius 1 is 0.966 bits per heavy atom. The van der Waals surface area contributed by atoms with Crippen molar-refractivity contribution in [3.05, 3.63) is 71.5 Å². The Kier molecular flexibility index (Phi) is 6.42. The van der Waals surface area contributed by atoms with E-state index in [4.69, 9.17) is 0 Å². The second-order valence-corrected chi connectivity index (χ2v) is 8.43. The number of benzene rings is 2. The van der Waals surface area contributed by atoms with Crippen molar-refractivity contribution in [2.24, 2.45) is 0 Å². The van der Waals surface area contributed by atoms with Gasteiger partial charge in [-0.3, -0.25) is 14.3 Å². The number of piperidine rings is 1. The van der Waals surface area contributed by atoms with E-state index in [1.165, 1.54) is 31.0 Å². The van der Waals surface area contributed by atoms with Crippen LogP contribution in [0.3, 0.4) is 0 Å². The smallest absolute Gasteiger partial charge is 0.196 e. The number of para-hydroxylation sites is 1. The lowest BCUT2D eigenvalue weighted by molar-refractivity contribution is 0.102. The molecule has 0 aliphatic carbocycles. The van der Waals surface area contributed by atoms with Gasteiger partial charge in [0.1, 0.15) is 0 Å². The van der Waals surface area contributed by atoms with Crippen LogP contribution in [0.15, 0.2) is 59.8 Å². The number of rotatable bonds is 7. The van der Waals surface area contributed by atoms with Gasteiger partial charge in [0.25, 0.3) is 0 Å². The van der Waals surface area contributed by atoms with Crippen molar-refractivity contribution in [1.29, 1.82) is 0 Å². The summed E-state index contributed by atoms with van der Waals surface area (Å²) in [5.41, 5.74) is 2.93. The highest BCUT2D eigenvalue weighted by Crippen LogP contribution is 2.24. The van der Waals surface area contributed by atoms with Gasteiger partial charge in [0.05, 0.1) is 12.3 Å². The summed E-state index contributed by atoms with van der Waals surface area (Å²) in [6.07, 6.45) is 3.79. The van der Waals surface area contributed by atoms with Crippen molar-refractivity contribution in [3.8, 4) is 5.69 Å². The van der Waals surface area contributed by atoms with Crippen molar-refractivity contribution in [3.63, 3.8) is 0 Å². The number of ketones is 1. The summed E-state index contributed by atoms with van der Waals surface area (Å²) in [7, 11) is 0. The monoisotopic (exact) mass is 406 g/mol. The van der Waals surface area contributed by atoms with Gasteiger partial charge in [-0.1, -0.05) is 66.2 Å². The van der Waals surface area contributed by atoms with Crippen LogP contribution in [0.1, 0.15) is 41.0 Å². The first-order valence-electron chi connectivity index (χ1n) is 10.2. The number of nitrogens with zero attached hydrogens (tertiary/aromatic N) is 4. The Bertz CT molecular complexity index is 947. The third-order valence-corrected chi connectivity index (χ3v) is 6.16. The second kappa shape index (κ2) is 9.37. The largest absolute Gasteiger partial charge is 0.296 e. The minimum absolute atomic E-state index is 0.107. The molecule has 1 aliphatic heterocycles. The van der Waals surface area contributed by atoms with Gasteiger partial charge in [-0.05, 0) is 45.0 Å². The molecule has 0 N–H and O–H groups in total. The topological polar surface area (TPSA) is 51.0 Å². The lowest BCUT2D eigenvalue weighted by Gasteiger charge is -2.26. The van der Waals surface area contributed by atoms with Crippen LogP contribution in [-0.4, -0.2) is 44.3 Å². The predicted octanol–water partition coefficient (Wildman–Crippen LogP) is 4.54. The molecule has 0 spiro atoms. The highest BCUT2D eigenvalue weighted by atomic mass is 32.2. The Hall–Kier alpha value is -2.44. The van der Waals surface area contributed by atoms with Crippen LogP contribution in [0.2, 0.25) is 0 Å². The predicted molar refractivity (Wildman–Crippen MR) is 117 cm³/mol. The average Bonchev–Trinajstić information content (AvgIpc) is 3.16. The fourth-order valence-electron chi connectivity index (χ4n) is 3.60. The van der Waals surface area contributed by atoms with Crippen LogP contribution >= 0.6 is 11.8 Å². The van der Waals surface area contributed by atoms with Gasteiger partial charge in [0.2, 0.25) is 0 Å². The van der Waals surface area contributed by atoms with E-state index in [-0.39, 0.29) is 5.78 Å². The summed E-state index contributed by atoms with van der Waals surface area (Å²) in [6, 6.07) is 17.9. The van der Waals surface area contributed by atoms with Gasteiger partial charge in [-0.15, -0.1) is 10.2 Å². The molecule has 5 nitrogen and oxygen atoms in total. The molecule has 150 valence electrons. The zero-order valence-corrected chi connectivity index (χ0v) is 17.6. The second-order valence-electron chi connectivity index (χ2n) is 7.48. The summed E-state index contributed by atoms with van der Waals surface area (Å²) in [4.78, 5) is 15.1. The van der Waals surface area contributed by atoms with E-state index in [9.17, 15) is 4.79 Å². The SMILES string of the molecule is Cc1ccc(C(=O)CSc2nnc(CN3CCCCC3)n2-c2ccccc2)cc1. The molecular formula is C23H26N4OS. The summed E-state index contributed by atoms with van der Waals surface area (Å²) in [5.74, 6) is 1.39. The van der Waals surface area contributed by atoms with Crippen LogP contribution < -0.4 is 0 Å². The van der Waals surface area contributed by atoms with Gasteiger partial charge in [0.15, 0.2) is 16.8 Å². The van der Waals surface area contributed by atoms with Crippen LogP contribution in [-0.2, 0) is 6.54 Å². The summed E-state index contributed by atoms with van der Waals surface area (Å²) in [5, 5.41) is 9.69. The van der Waals surface area contributed by atoms with E-state index in [2.05, 4.69) is 31.8 Å². The lowest BCUT2D eigenvalue weighted by Crippen LogP contribution is -2.30. The van der Waals surface area contributed by atoms with Gasteiger partial charge < -0.3 is 0 Å². The number of carbonyl (C=O) groups excluding carboxylic acids is 1. The Labute approximate surface area is 176 Å². The molecule has 0 amide bonds. The first kappa shape index (κ1) is 19.9. The van der Waals surface area contributed by atoms with Gasteiger partial charge >= 0.3 is 0 Å². The number of likely N-dealkylation sites (tertiary alicyclic amines) is 1. The molecule has 0 unspecified atom stereocenters. The molecule has 3 aromatic rings. The fraction of sp³-hybridized carbons (Fsp3) is 0.348. The Balaban J connectivity index is 1.54. The zero-order chi connectivity index (χ0) is 20.1. The molecule has 1 fully saturated rings. The first-order valence-corrected chi connectivity index (χ1v) is 11.1. The number of thioether (sulfide) groups is 1. The number of hydrogen-bond donors (Lipinski definition) is 0. The molecule has 1 saturated heterocycles. The van der Waals surface area contributed by atoms with Crippen molar-refractivity contribution in [2.45, 2.75) is 37.9 Å².